The van der Waals surface area contributed by atoms with Gasteiger partial charge < -0.3 is 4.74 Å². The van der Waals surface area contributed by atoms with E-state index in [-0.39, 0.29) is 0 Å². The van der Waals surface area contributed by atoms with Gasteiger partial charge in [0, 0.05) is 27.9 Å². The summed E-state index contributed by atoms with van der Waals surface area (Å²) < 4.78 is 6.62. The second-order valence-electron chi connectivity index (χ2n) is 9.66. The molecule has 0 aliphatic carbocycles. The SMILES string of the molecule is Cc1cc2c3c(cc(CC(C)C)cc3c1)Oc1c-2ncc2ccc(CC(C)C)cc12. The molecule has 2 heterocycles. The predicted octanol–water partition coefficient (Wildman–Crippen LogP) is 7.87. The van der Waals surface area contributed by atoms with Crippen molar-refractivity contribution in [3.63, 3.8) is 0 Å². The maximum absolute atomic E-state index is 6.62. The lowest BCUT2D eigenvalue weighted by Crippen LogP contribution is -2.03. The monoisotopic (exact) mass is 395 g/mol. The minimum atomic E-state index is 0.607. The molecule has 0 spiro atoms. The molecular weight excluding hydrogens is 366 g/mol. The standard InChI is InChI=1S/C28H29NO/c1-16(2)8-19-6-7-21-15-29-27-24-11-18(5)10-22-12-20(9-17(3)4)14-25(26(22)24)30-28(27)23(21)13-19/h6-7,10-17H,8-9H2,1-5H3. The van der Waals surface area contributed by atoms with Crippen LogP contribution < -0.4 is 4.74 Å². The van der Waals surface area contributed by atoms with Crippen molar-refractivity contribution in [2.75, 3.05) is 0 Å². The van der Waals surface area contributed by atoms with E-state index < -0.39 is 0 Å². The first-order chi connectivity index (χ1) is 14.4. The van der Waals surface area contributed by atoms with E-state index in [2.05, 4.69) is 77.1 Å². The highest BCUT2D eigenvalue weighted by Crippen LogP contribution is 2.49. The van der Waals surface area contributed by atoms with E-state index in [4.69, 9.17) is 9.72 Å². The molecule has 4 aromatic rings. The van der Waals surface area contributed by atoms with Gasteiger partial charge in [-0.3, -0.25) is 4.98 Å². The summed E-state index contributed by atoms with van der Waals surface area (Å²) in [5.74, 6) is 3.10. The van der Waals surface area contributed by atoms with Crippen LogP contribution in [0.5, 0.6) is 11.5 Å². The Morgan fingerprint density at radius 2 is 1.60 bits per heavy atom. The lowest BCUT2D eigenvalue weighted by molar-refractivity contribution is 0.489. The maximum Gasteiger partial charge on any atom is 0.161 e. The summed E-state index contributed by atoms with van der Waals surface area (Å²) in [6.07, 6.45) is 4.11. The quantitative estimate of drug-likeness (QED) is 0.309. The molecule has 0 saturated heterocycles. The van der Waals surface area contributed by atoms with Gasteiger partial charge in [0.25, 0.3) is 0 Å². The third-order valence-corrected chi connectivity index (χ3v) is 5.88. The van der Waals surface area contributed by atoms with Crippen molar-refractivity contribution in [3.05, 3.63) is 65.4 Å². The fraction of sp³-hybridized carbons (Fsp3) is 0.321. The largest absolute Gasteiger partial charge is 0.454 e. The van der Waals surface area contributed by atoms with Crippen LogP contribution in [-0.2, 0) is 12.8 Å². The summed E-state index contributed by atoms with van der Waals surface area (Å²) in [6, 6.07) is 15.8. The number of nitrogens with zero attached hydrogens (tertiary/aromatic N) is 1. The zero-order chi connectivity index (χ0) is 21.0. The van der Waals surface area contributed by atoms with Crippen LogP contribution in [-0.4, -0.2) is 4.98 Å². The predicted molar refractivity (Wildman–Crippen MR) is 127 cm³/mol. The summed E-state index contributed by atoms with van der Waals surface area (Å²) >= 11 is 0. The van der Waals surface area contributed by atoms with Crippen LogP contribution in [0.2, 0.25) is 0 Å². The second-order valence-corrected chi connectivity index (χ2v) is 9.66. The molecule has 30 heavy (non-hydrogen) atoms. The molecule has 2 heteroatoms. The molecule has 1 aliphatic heterocycles. The van der Waals surface area contributed by atoms with Crippen LogP contribution >= 0.6 is 0 Å². The van der Waals surface area contributed by atoms with E-state index in [0.29, 0.717) is 11.8 Å². The van der Waals surface area contributed by atoms with Gasteiger partial charge in [-0.25, -0.2) is 0 Å². The number of pyridine rings is 1. The Labute approximate surface area is 178 Å². The first kappa shape index (κ1) is 19.1. The fourth-order valence-corrected chi connectivity index (χ4v) is 4.78. The Morgan fingerprint density at radius 1 is 0.833 bits per heavy atom. The van der Waals surface area contributed by atoms with Crippen LogP contribution in [0.15, 0.2) is 48.7 Å². The van der Waals surface area contributed by atoms with Gasteiger partial charge in [0.1, 0.15) is 11.4 Å². The van der Waals surface area contributed by atoms with Crippen molar-refractivity contribution in [1.29, 1.82) is 0 Å². The summed E-state index contributed by atoms with van der Waals surface area (Å²) in [4.78, 5) is 4.85. The molecule has 0 amide bonds. The summed E-state index contributed by atoms with van der Waals surface area (Å²) in [6.45, 7) is 11.2. The van der Waals surface area contributed by atoms with Crippen molar-refractivity contribution < 1.29 is 4.74 Å². The molecule has 1 aliphatic rings. The Hall–Kier alpha value is -2.87. The molecule has 5 rings (SSSR count). The van der Waals surface area contributed by atoms with Crippen molar-refractivity contribution in [3.8, 4) is 22.8 Å². The van der Waals surface area contributed by atoms with Crippen molar-refractivity contribution >= 4 is 21.5 Å². The first-order valence-corrected chi connectivity index (χ1v) is 11.1. The Balaban J connectivity index is 1.77. The molecule has 3 aromatic carbocycles. The number of hydrogen-bond donors (Lipinski definition) is 0. The van der Waals surface area contributed by atoms with Gasteiger partial charge in [0.05, 0.1) is 0 Å². The van der Waals surface area contributed by atoms with Crippen molar-refractivity contribution in [2.24, 2.45) is 11.8 Å². The van der Waals surface area contributed by atoms with E-state index in [1.807, 2.05) is 6.20 Å². The lowest BCUT2D eigenvalue weighted by Gasteiger charge is -2.24. The van der Waals surface area contributed by atoms with Gasteiger partial charge >= 0.3 is 0 Å². The van der Waals surface area contributed by atoms with Crippen molar-refractivity contribution in [1.82, 2.24) is 4.98 Å². The number of rotatable bonds is 4. The highest BCUT2D eigenvalue weighted by atomic mass is 16.5. The van der Waals surface area contributed by atoms with Gasteiger partial charge in [-0.15, -0.1) is 0 Å². The maximum atomic E-state index is 6.62. The molecule has 152 valence electrons. The summed E-state index contributed by atoms with van der Waals surface area (Å²) in [5, 5.41) is 4.73. The zero-order valence-electron chi connectivity index (χ0n) is 18.5. The van der Waals surface area contributed by atoms with E-state index >= 15 is 0 Å². The highest BCUT2D eigenvalue weighted by molar-refractivity contribution is 6.07. The summed E-state index contributed by atoms with van der Waals surface area (Å²) in [5.41, 5.74) is 6.09. The van der Waals surface area contributed by atoms with Gasteiger partial charge in [0.15, 0.2) is 5.75 Å². The summed E-state index contributed by atoms with van der Waals surface area (Å²) in [7, 11) is 0. The molecule has 0 atom stereocenters. The number of hydrogen-bond acceptors (Lipinski definition) is 2. The van der Waals surface area contributed by atoms with Crippen LogP contribution in [0.25, 0.3) is 32.8 Å². The van der Waals surface area contributed by atoms with Crippen molar-refractivity contribution in [2.45, 2.75) is 47.5 Å². The average molecular weight is 396 g/mol. The van der Waals surface area contributed by atoms with Crippen LogP contribution in [0.4, 0.5) is 0 Å². The molecule has 0 saturated carbocycles. The third kappa shape index (κ3) is 3.25. The Morgan fingerprint density at radius 3 is 2.37 bits per heavy atom. The number of ether oxygens (including phenoxy) is 1. The van der Waals surface area contributed by atoms with E-state index in [9.17, 15) is 0 Å². The smallest absolute Gasteiger partial charge is 0.161 e. The van der Waals surface area contributed by atoms with E-state index in [1.165, 1.54) is 33.0 Å². The highest BCUT2D eigenvalue weighted by Gasteiger charge is 2.24. The number of fused-ring (bicyclic) bond motifs is 4. The van der Waals surface area contributed by atoms with Gasteiger partial charge in [0.2, 0.25) is 0 Å². The molecular formula is C28H29NO. The molecule has 0 N–H and O–H groups in total. The minimum absolute atomic E-state index is 0.607. The molecule has 0 unspecified atom stereocenters. The lowest BCUT2D eigenvalue weighted by atomic mass is 9.91. The van der Waals surface area contributed by atoms with E-state index in [0.717, 1.165) is 40.8 Å². The van der Waals surface area contributed by atoms with Gasteiger partial charge in [-0.2, -0.15) is 0 Å². The normalized spacial score (nSPS) is 12.6. The second kappa shape index (κ2) is 7.12. The van der Waals surface area contributed by atoms with Crippen LogP contribution in [0.1, 0.15) is 44.4 Å². The average Bonchev–Trinajstić information content (AvgIpc) is 2.66. The molecule has 0 fully saturated rings. The van der Waals surface area contributed by atoms with Crippen LogP contribution in [0, 0.1) is 18.8 Å². The first-order valence-electron chi connectivity index (χ1n) is 11.1. The van der Waals surface area contributed by atoms with Crippen LogP contribution in [0.3, 0.4) is 0 Å². The number of aryl methyl sites for hydroxylation is 1. The molecule has 1 aromatic heterocycles. The molecule has 2 nitrogen and oxygen atoms in total. The third-order valence-electron chi connectivity index (χ3n) is 5.88. The zero-order valence-corrected chi connectivity index (χ0v) is 18.5. The number of aromatic nitrogens is 1. The molecule has 0 radical (unpaired) electrons. The van der Waals surface area contributed by atoms with Gasteiger partial charge in [-0.05, 0) is 71.9 Å². The minimum Gasteiger partial charge on any atom is -0.454 e. The fourth-order valence-electron chi connectivity index (χ4n) is 4.78. The molecule has 0 bridgehead atoms. The number of benzene rings is 3. The topological polar surface area (TPSA) is 22.1 Å². The van der Waals surface area contributed by atoms with E-state index in [1.54, 1.807) is 0 Å². The Kier molecular flexibility index (Phi) is 4.54. The Bertz CT molecular complexity index is 1280. The van der Waals surface area contributed by atoms with Gasteiger partial charge in [-0.1, -0.05) is 52.0 Å².